The van der Waals surface area contributed by atoms with Crippen molar-refractivity contribution >= 4 is 6.29 Å². The quantitative estimate of drug-likeness (QED) is 0.592. The van der Waals surface area contributed by atoms with Gasteiger partial charge in [-0.1, -0.05) is 0 Å². The van der Waals surface area contributed by atoms with Gasteiger partial charge in [-0.3, -0.25) is 4.79 Å². The lowest BCUT2D eigenvalue weighted by Crippen LogP contribution is -2.37. The molecule has 2 aromatic rings. The smallest absolute Gasteiger partial charge is 0.210 e. The number of hydrogen-bond acceptors (Lipinski definition) is 1. The molecule has 0 aliphatic rings. The summed E-state index contributed by atoms with van der Waals surface area (Å²) >= 11 is 0. The Morgan fingerprint density at radius 1 is 1.06 bits per heavy atom. The van der Waals surface area contributed by atoms with Gasteiger partial charge < -0.3 is 0 Å². The third-order valence-electron chi connectivity index (χ3n) is 3.11. The van der Waals surface area contributed by atoms with Crippen molar-refractivity contribution in [2.75, 3.05) is 0 Å². The molecule has 0 fully saturated rings. The molecular formula is C15H18N2O+2. The minimum Gasteiger partial charge on any atom is -0.296 e. The molecule has 0 aliphatic heterocycles. The average molecular weight is 242 g/mol. The zero-order valence-electron chi connectivity index (χ0n) is 10.8. The highest BCUT2D eigenvalue weighted by Gasteiger charge is 2.10. The van der Waals surface area contributed by atoms with Crippen LogP contribution in [0.15, 0.2) is 49.1 Å². The summed E-state index contributed by atoms with van der Waals surface area (Å²) in [6.07, 6.45) is 8.96. The largest absolute Gasteiger partial charge is 0.296 e. The molecule has 2 aromatic heterocycles. The summed E-state index contributed by atoms with van der Waals surface area (Å²) in [7, 11) is 0. The average Bonchev–Trinajstić information content (AvgIpc) is 2.47. The lowest BCUT2D eigenvalue weighted by molar-refractivity contribution is -0.704. The van der Waals surface area contributed by atoms with Crippen molar-refractivity contribution in [1.29, 1.82) is 0 Å². The SMILES string of the molecule is CC[n+]1ccc(-c2cc[n+](C(C)C=O)cc2)cc1. The first kappa shape index (κ1) is 12.4. The van der Waals surface area contributed by atoms with Gasteiger partial charge in [0.05, 0.1) is 0 Å². The molecule has 0 saturated heterocycles. The number of hydrogen-bond donors (Lipinski definition) is 0. The van der Waals surface area contributed by atoms with E-state index in [4.69, 9.17) is 0 Å². The van der Waals surface area contributed by atoms with E-state index in [1.165, 1.54) is 5.56 Å². The summed E-state index contributed by atoms with van der Waals surface area (Å²) in [6, 6.07) is 8.16. The van der Waals surface area contributed by atoms with Crippen LogP contribution in [0, 0.1) is 0 Å². The number of nitrogens with zero attached hydrogens (tertiary/aromatic N) is 2. The predicted molar refractivity (Wildman–Crippen MR) is 68.7 cm³/mol. The van der Waals surface area contributed by atoms with Gasteiger partial charge >= 0.3 is 0 Å². The third-order valence-corrected chi connectivity index (χ3v) is 3.11. The second-order valence-corrected chi connectivity index (χ2v) is 4.33. The van der Waals surface area contributed by atoms with Gasteiger partial charge in [0.1, 0.15) is 6.54 Å². The molecule has 0 aromatic carbocycles. The van der Waals surface area contributed by atoms with E-state index < -0.39 is 0 Å². The molecular weight excluding hydrogens is 224 g/mol. The van der Waals surface area contributed by atoms with Crippen LogP contribution in [0.4, 0.5) is 0 Å². The van der Waals surface area contributed by atoms with Gasteiger partial charge in [-0.05, 0) is 18.1 Å². The van der Waals surface area contributed by atoms with Gasteiger partial charge in [-0.25, -0.2) is 4.57 Å². The van der Waals surface area contributed by atoms with E-state index in [0.29, 0.717) is 0 Å². The lowest BCUT2D eigenvalue weighted by atomic mass is 10.1. The summed E-state index contributed by atoms with van der Waals surface area (Å²) in [5, 5.41) is 0. The van der Waals surface area contributed by atoms with Crippen LogP contribution in [0.25, 0.3) is 11.1 Å². The Morgan fingerprint density at radius 3 is 2.00 bits per heavy atom. The van der Waals surface area contributed by atoms with Gasteiger partial charge in [0.25, 0.3) is 0 Å². The van der Waals surface area contributed by atoms with Crippen molar-refractivity contribution in [1.82, 2.24) is 0 Å². The van der Waals surface area contributed by atoms with E-state index in [-0.39, 0.29) is 6.04 Å². The van der Waals surface area contributed by atoms with Crippen molar-refractivity contribution in [3.63, 3.8) is 0 Å². The Labute approximate surface area is 107 Å². The fraction of sp³-hybridized carbons (Fsp3) is 0.267. The van der Waals surface area contributed by atoms with Gasteiger partial charge in [0.2, 0.25) is 6.04 Å². The van der Waals surface area contributed by atoms with Gasteiger partial charge in [-0.15, -0.1) is 0 Å². The van der Waals surface area contributed by atoms with Crippen molar-refractivity contribution in [2.45, 2.75) is 26.4 Å². The van der Waals surface area contributed by atoms with E-state index in [0.717, 1.165) is 18.4 Å². The Bertz CT molecular complexity index is 517. The first-order chi connectivity index (χ1) is 8.74. The van der Waals surface area contributed by atoms with Crippen LogP contribution in [0.1, 0.15) is 19.9 Å². The predicted octanol–water partition coefficient (Wildman–Crippen LogP) is 1.71. The number of pyridine rings is 2. The highest BCUT2D eigenvalue weighted by molar-refractivity contribution is 5.61. The van der Waals surface area contributed by atoms with E-state index >= 15 is 0 Å². The number of aromatic nitrogens is 2. The fourth-order valence-corrected chi connectivity index (χ4v) is 1.83. The Balaban J connectivity index is 2.25. The Morgan fingerprint density at radius 2 is 1.56 bits per heavy atom. The molecule has 0 spiro atoms. The van der Waals surface area contributed by atoms with E-state index in [2.05, 4.69) is 36.0 Å². The second-order valence-electron chi connectivity index (χ2n) is 4.33. The molecule has 0 saturated carbocycles. The van der Waals surface area contributed by atoms with Crippen LogP contribution in [-0.4, -0.2) is 6.29 Å². The molecule has 1 unspecified atom stereocenters. The highest BCUT2D eigenvalue weighted by atomic mass is 16.1. The van der Waals surface area contributed by atoms with Crippen molar-refractivity contribution in [2.24, 2.45) is 0 Å². The molecule has 92 valence electrons. The van der Waals surface area contributed by atoms with Crippen LogP contribution in [0.2, 0.25) is 0 Å². The van der Waals surface area contributed by atoms with Crippen molar-refractivity contribution in [3.8, 4) is 11.1 Å². The van der Waals surface area contributed by atoms with Crippen LogP contribution in [0.5, 0.6) is 0 Å². The minimum absolute atomic E-state index is 0.114. The molecule has 1 atom stereocenters. The zero-order chi connectivity index (χ0) is 13.0. The van der Waals surface area contributed by atoms with Crippen molar-refractivity contribution in [3.05, 3.63) is 49.1 Å². The summed E-state index contributed by atoms with van der Waals surface area (Å²) < 4.78 is 4.02. The summed E-state index contributed by atoms with van der Waals surface area (Å²) in [5.74, 6) is 0. The maximum absolute atomic E-state index is 10.7. The molecule has 3 heteroatoms. The molecule has 0 N–H and O–H groups in total. The maximum Gasteiger partial charge on any atom is 0.210 e. The Hall–Kier alpha value is -2.03. The van der Waals surface area contributed by atoms with Crippen LogP contribution < -0.4 is 9.13 Å². The molecule has 2 rings (SSSR count). The standard InChI is InChI=1S/C15H18N2O/c1-3-16-8-4-14(5-9-16)15-6-10-17(11-7-15)13(2)12-18/h4-13H,3H2,1-2H3/q+2. The summed E-state index contributed by atoms with van der Waals surface area (Å²) in [6.45, 7) is 4.97. The second kappa shape index (κ2) is 5.54. The topological polar surface area (TPSA) is 24.8 Å². The number of aryl methyl sites for hydroxylation is 1. The van der Waals surface area contributed by atoms with E-state index in [9.17, 15) is 4.79 Å². The van der Waals surface area contributed by atoms with Crippen molar-refractivity contribution < 1.29 is 13.9 Å². The molecule has 0 amide bonds. The molecule has 18 heavy (non-hydrogen) atoms. The zero-order valence-corrected chi connectivity index (χ0v) is 10.8. The third kappa shape index (κ3) is 2.62. The first-order valence-electron chi connectivity index (χ1n) is 6.20. The van der Waals surface area contributed by atoms with Gasteiger partial charge in [0, 0.05) is 31.2 Å². The van der Waals surface area contributed by atoms with Crippen LogP contribution in [-0.2, 0) is 11.3 Å². The summed E-state index contributed by atoms with van der Waals surface area (Å²) in [4.78, 5) is 10.7. The van der Waals surface area contributed by atoms with E-state index in [1.807, 2.05) is 36.0 Å². The van der Waals surface area contributed by atoms with E-state index in [1.54, 1.807) is 0 Å². The number of carbonyl (C=O) groups is 1. The lowest BCUT2D eigenvalue weighted by Gasteiger charge is -2.02. The number of rotatable bonds is 4. The molecule has 2 heterocycles. The van der Waals surface area contributed by atoms with Crippen LogP contribution in [0.3, 0.4) is 0 Å². The minimum atomic E-state index is -0.114. The fourth-order valence-electron chi connectivity index (χ4n) is 1.83. The highest BCUT2D eigenvalue weighted by Crippen LogP contribution is 2.15. The first-order valence-corrected chi connectivity index (χ1v) is 6.20. The van der Waals surface area contributed by atoms with Crippen LogP contribution >= 0.6 is 0 Å². The molecule has 0 radical (unpaired) electrons. The van der Waals surface area contributed by atoms with Gasteiger partial charge in [-0.2, -0.15) is 4.57 Å². The van der Waals surface area contributed by atoms with Gasteiger partial charge in [0.15, 0.2) is 31.1 Å². The summed E-state index contributed by atoms with van der Waals surface area (Å²) in [5.41, 5.74) is 2.35. The molecule has 0 bridgehead atoms. The monoisotopic (exact) mass is 242 g/mol. The molecule has 0 aliphatic carbocycles. The number of aldehydes is 1. The number of carbonyl (C=O) groups excluding carboxylic acids is 1. The normalized spacial score (nSPS) is 12.1. The maximum atomic E-state index is 10.7. The molecule has 3 nitrogen and oxygen atoms in total. The Kier molecular flexibility index (Phi) is 3.82.